The summed E-state index contributed by atoms with van der Waals surface area (Å²) in [6.45, 7) is 3.80. The molecule has 6 nitrogen and oxygen atoms in total. The van der Waals surface area contributed by atoms with Gasteiger partial charge in [-0.25, -0.2) is 9.97 Å². The molecule has 0 amide bonds. The summed E-state index contributed by atoms with van der Waals surface area (Å²) in [5.74, 6) is 1.79. The molecule has 136 valence electrons. The number of hydrogen-bond acceptors (Lipinski definition) is 5. The summed E-state index contributed by atoms with van der Waals surface area (Å²) in [5, 5.41) is 10.4. The smallest absolute Gasteiger partial charge is 0.211 e. The summed E-state index contributed by atoms with van der Waals surface area (Å²) in [4.78, 5) is 13.6. The van der Waals surface area contributed by atoms with Gasteiger partial charge in [-0.05, 0) is 31.0 Å². The van der Waals surface area contributed by atoms with Crippen molar-refractivity contribution < 1.29 is 5.11 Å². The van der Waals surface area contributed by atoms with Crippen LogP contribution >= 0.6 is 11.6 Å². The minimum absolute atomic E-state index is 0.0308. The van der Waals surface area contributed by atoms with Gasteiger partial charge < -0.3 is 19.5 Å². The van der Waals surface area contributed by atoms with E-state index in [2.05, 4.69) is 27.4 Å². The van der Waals surface area contributed by atoms with E-state index in [-0.39, 0.29) is 6.61 Å². The highest BCUT2D eigenvalue weighted by Gasteiger charge is 2.26. The van der Waals surface area contributed by atoms with Gasteiger partial charge in [0.05, 0.1) is 29.0 Å². The molecule has 3 heterocycles. The first-order chi connectivity index (χ1) is 12.5. The first-order valence-corrected chi connectivity index (χ1v) is 9.09. The molecule has 0 aliphatic carbocycles. The lowest BCUT2D eigenvalue weighted by molar-refractivity contribution is 0.283. The molecule has 4 rings (SSSR count). The lowest BCUT2D eigenvalue weighted by Gasteiger charge is -2.30. The third-order valence-corrected chi connectivity index (χ3v) is 5.21. The van der Waals surface area contributed by atoms with Crippen LogP contribution < -0.4 is 9.80 Å². The minimum atomic E-state index is -0.0308. The number of imidazole rings is 1. The van der Waals surface area contributed by atoms with E-state index < -0.39 is 0 Å². The molecule has 0 bridgehead atoms. The number of aryl methyl sites for hydroxylation is 2. The van der Waals surface area contributed by atoms with Crippen LogP contribution in [0.25, 0.3) is 11.0 Å². The average Bonchev–Trinajstić information content (AvgIpc) is 3.03. The molecular weight excluding hydrogens is 350 g/mol. The second-order valence-electron chi connectivity index (χ2n) is 6.85. The molecule has 26 heavy (non-hydrogen) atoms. The van der Waals surface area contributed by atoms with Crippen molar-refractivity contribution in [3.63, 3.8) is 0 Å². The Morgan fingerprint density at radius 3 is 2.77 bits per heavy atom. The highest BCUT2D eigenvalue weighted by molar-refractivity contribution is 6.35. The minimum Gasteiger partial charge on any atom is -0.392 e. The number of hydrogen-bond donors (Lipinski definition) is 1. The molecule has 2 aromatic heterocycles. The van der Waals surface area contributed by atoms with Crippen LogP contribution in [0.4, 0.5) is 17.5 Å². The van der Waals surface area contributed by atoms with Gasteiger partial charge in [-0.3, -0.25) is 0 Å². The Kier molecular flexibility index (Phi) is 4.25. The number of halogens is 1. The number of aromatic nitrogens is 3. The van der Waals surface area contributed by atoms with Gasteiger partial charge in [-0.1, -0.05) is 17.7 Å². The maximum atomic E-state index is 9.74. The summed E-state index contributed by atoms with van der Waals surface area (Å²) >= 11 is 6.39. The van der Waals surface area contributed by atoms with E-state index in [4.69, 9.17) is 16.6 Å². The van der Waals surface area contributed by atoms with E-state index in [1.165, 1.54) is 0 Å². The molecule has 0 radical (unpaired) electrons. The van der Waals surface area contributed by atoms with Gasteiger partial charge in [-0.2, -0.15) is 0 Å². The molecule has 1 aliphatic heterocycles. The third kappa shape index (κ3) is 2.61. The largest absolute Gasteiger partial charge is 0.392 e. The van der Waals surface area contributed by atoms with Crippen LogP contribution in [-0.2, 0) is 13.2 Å². The monoisotopic (exact) mass is 371 g/mol. The van der Waals surface area contributed by atoms with Crippen LogP contribution in [0.2, 0.25) is 5.02 Å². The second-order valence-corrected chi connectivity index (χ2v) is 7.26. The van der Waals surface area contributed by atoms with Crippen molar-refractivity contribution in [1.82, 2.24) is 14.5 Å². The van der Waals surface area contributed by atoms with E-state index in [9.17, 15) is 5.11 Å². The number of benzene rings is 1. The first kappa shape index (κ1) is 17.1. The van der Waals surface area contributed by atoms with Gasteiger partial charge in [0.15, 0.2) is 0 Å². The van der Waals surface area contributed by atoms with Crippen molar-refractivity contribution in [3.8, 4) is 0 Å². The van der Waals surface area contributed by atoms with Gasteiger partial charge in [0.1, 0.15) is 11.3 Å². The van der Waals surface area contributed by atoms with Crippen molar-refractivity contribution >= 4 is 40.1 Å². The van der Waals surface area contributed by atoms with Crippen LogP contribution in [0.15, 0.2) is 24.4 Å². The van der Waals surface area contributed by atoms with Crippen molar-refractivity contribution in [2.24, 2.45) is 0 Å². The number of rotatable bonds is 3. The number of anilines is 3. The van der Waals surface area contributed by atoms with Crippen LogP contribution in [0.1, 0.15) is 17.5 Å². The van der Waals surface area contributed by atoms with E-state index in [0.717, 1.165) is 59.1 Å². The van der Waals surface area contributed by atoms with Crippen molar-refractivity contribution in [3.05, 3.63) is 40.5 Å². The molecule has 0 atom stereocenters. The Morgan fingerprint density at radius 1 is 1.27 bits per heavy atom. The Balaban J connectivity index is 1.89. The third-order valence-electron chi connectivity index (χ3n) is 4.90. The summed E-state index contributed by atoms with van der Waals surface area (Å²) in [6, 6.07) is 5.76. The maximum absolute atomic E-state index is 9.74. The number of aliphatic hydroxyl groups is 1. The highest BCUT2D eigenvalue weighted by Crippen LogP contribution is 2.37. The standard InChI is InChI=1S/C19H22ClN5O/c1-12-9-16(23(2)3)21-10-15(12)24-7-4-8-25-18-13(11-26)5-6-14(20)17(18)22-19(24)25/h5-6,9-10,26H,4,7-8,11H2,1-3H3. The molecule has 0 unspecified atom stereocenters. The molecule has 7 heteroatoms. The number of aliphatic hydroxyl groups excluding tert-OH is 1. The number of pyridine rings is 1. The summed E-state index contributed by atoms with van der Waals surface area (Å²) in [6.07, 6.45) is 2.90. The van der Waals surface area contributed by atoms with Crippen molar-refractivity contribution in [1.29, 1.82) is 0 Å². The van der Waals surface area contributed by atoms with E-state index >= 15 is 0 Å². The van der Waals surface area contributed by atoms with E-state index in [1.807, 2.05) is 31.3 Å². The fraction of sp³-hybridized carbons (Fsp3) is 0.368. The lowest BCUT2D eigenvalue weighted by atomic mass is 10.1. The SMILES string of the molecule is Cc1cc(N(C)C)ncc1N1CCCn2c1nc1c(Cl)ccc(CO)c12. The van der Waals surface area contributed by atoms with Crippen LogP contribution in [0.3, 0.4) is 0 Å². The summed E-state index contributed by atoms with van der Waals surface area (Å²) in [7, 11) is 3.97. The Hall–Kier alpha value is -2.31. The van der Waals surface area contributed by atoms with Crippen LogP contribution in [0.5, 0.6) is 0 Å². The molecular formula is C19H22ClN5O. The van der Waals surface area contributed by atoms with Gasteiger partial charge in [0.2, 0.25) is 5.95 Å². The molecule has 0 saturated carbocycles. The van der Waals surface area contributed by atoms with Crippen LogP contribution in [-0.4, -0.2) is 40.3 Å². The highest BCUT2D eigenvalue weighted by atomic mass is 35.5. The number of fused-ring (bicyclic) bond motifs is 3. The zero-order valence-corrected chi connectivity index (χ0v) is 16.0. The van der Waals surface area contributed by atoms with Crippen molar-refractivity contribution in [2.75, 3.05) is 30.4 Å². The molecule has 3 aromatic rings. The zero-order valence-electron chi connectivity index (χ0n) is 15.2. The summed E-state index contributed by atoms with van der Waals surface area (Å²) in [5.41, 5.74) is 4.72. The maximum Gasteiger partial charge on any atom is 0.211 e. The second kappa shape index (κ2) is 6.45. The fourth-order valence-electron chi connectivity index (χ4n) is 3.59. The van der Waals surface area contributed by atoms with E-state index in [1.54, 1.807) is 6.07 Å². The Bertz CT molecular complexity index is 982. The predicted octanol–water partition coefficient (Wildman–Crippen LogP) is 3.49. The Labute approximate surface area is 157 Å². The average molecular weight is 372 g/mol. The fourth-order valence-corrected chi connectivity index (χ4v) is 3.78. The predicted molar refractivity (Wildman–Crippen MR) is 106 cm³/mol. The van der Waals surface area contributed by atoms with Crippen molar-refractivity contribution in [2.45, 2.75) is 26.5 Å². The first-order valence-electron chi connectivity index (χ1n) is 8.71. The van der Waals surface area contributed by atoms with Gasteiger partial charge in [-0.15, -0.1) is 0 Å². The normalized spacial score (nSPS) is 14.0. The molecule has 1 N–H and O–H groups in total. The molecule has 1 aromatic carbocycles. The van der Waals surface area contributed by atoms with Gasteiger partial charge in [0, 0.05) is 32.7 Å². The zero-order chi connectivity index (χ0) is 18.4. The van der Waals surface area contributed by atoms with Crippen LogP contribution in [0, 0.1) is 6.92 Å². The van der Waals surface area contributed by atoms with Gasteiger partial charge >= 0.3 is 0 Å². The van der Waals surface area contributed by atoms with Gasteiger partial charge in [0.25, 0.3) is 0 Å². The quantitative estimate of drug-likeness (QED) is 0.763. The molecule has 0 fully saturated rings. The topological polar surface area (TPSA) is 57.4 Å². The molecule has 0 saturated heterocycles. The molecule has 0 spiro atoms. The number of nitrogens with zero attached hydrogens (tertiary/aromatic N) is 5. The molecule has 1 aliphatic rings. The van der Waals surface area contributed by atoms with E-state index in [0.29, 0.717) is 5.02 Å². The lowest BCUT2D eigenvalue weighted by Crippen LogP contribution is -2.29. The summed E-state index contributed by atoms with van der Waals surface area (Å²) < 4.78 is 2.16. The Morgan fingerprint density at radius 2 is 2.08 bits per heavy atom.